The van der Waals surface area contributed by atoms with Gasteiger partial charge in [0, 0.05) is 5.75 Å². The predicted octanol–water partition coefficient (Wildman–Crippen LogP) is 5.59. The van der Waals surface area contributed by atoms with Gasteiger partial charge in [-0.3, -0.25) is 9.36 Å². The van der Waals surface area contributed by atoms with Crippen LogP contribution in [0.4, 0.5) is 8.78 Å². The molecule has 0 unspecified atom stereocenters. The SMILES string of the molecule is Cc1ccccc1CSc1nc2ccccc2c(=O)n1-c1ccc(OC(F)F)cc1. The minimum absolute atomic E-state index is 0.0321. The van der Waals surface area contributed by atoms with E-state index in [4.69, 9.17) is 4.98 Å². The molecule has 0 aliphatic rings. The smallest absolute Gasteiger partial charge is 0.387 e. The minimum Gasteiger partial charge on any atom is -0.435 e. The van der Waals surface area contributed by atoms with Crippen molar-refractivity contribution < 1.29 is 13.5 Å². The van der Waals surface area contributed by atoms with E-state index in [1.54, 1.807) is 30.3 Å². The number of halogens is 2. The number of aromatic nitrogens is 2. The van der Waals surface area contributed by atoms with Crippen LogP contribution in [0.25, 0.3) is 16.6 Å². The molecule has 0 N–H and O–H groups in total. The number of alkyl halides is 2. The summed E-state index contributed by atoms with van der Waals surface area (Å²) in [4.78, 5) is 18.0. The summed E-state index contributed by atoms with van der Waals surface area (Å²) in [6.07, 6.45) is 0. The number of benzene rings is 3. The van der Waals surface area contributed by atoms with E-state index in [0.717, 1.165) is 11.1 Å². The van der Waals surface area contributed by atoms with Gasteiger partial charge in [0.05, 0.1) is 16.6 Å². The molecular formula is C23H18F2N2O2S. The lowest BCUT2D eigenvalue weighted by Crippen LogP contribution is -2.21. The molecule has 1 aromatic heterocycles. The number of ether oxygens (including phenoxy) is 1. The van der Waals surface area contributed by atoms with Crippen LogP contribution in [0.15, 0.2) is 82.7 Å². The van der Waals surface area contributed by atoms with E-state index in [9.17, 15) is 13.6 Å². The molecular weight excluding hydrogens is 406 g/mol. The van der Waals surface area contributed by atoms with Crippen molar-refractivity contribution >= 4 is 22.7 Å². The van der Waals surface area contributed by atoms with Gasteiger partial charge >= 0.3 is 6.61 Å². The summed E-state index contributed by atoms with van der Waals surface area (Å²) in [5.41, 5.74) is 3.25. The monoisotopic (exact) mass is 424 g/mol. The molecule has 0 aliphatic carbocycles. The second kappa shape index (κ2) is 8.67. The second-order valence-corrected chi connectivity index (χ2v) is 7.58. The first-order chi connectivity index (χ1) is 14.5. The molecule has 7 heteroatoms. The molecule has 1 heterocycles. The summed E-state index contributed by atoms with van der Waals surface area (Å²) in [7, 11) is 0. The maximum absolute atomic E-state index is 13.2. The van der Waals surface area contributed by atoms with Gasteiger partial charge in [-0.05, 0) is 54.4 Å². The van der Waals surface area contributed by atoms with Crippen molar-refractivity contribution in [3.8, 4) is 11.4 Å². The van der Waals surface area contributed by atoms with E-state index < -0.39 is 6.61 Å². The van der Waals surface area contributed by atoms with E-state index in [2.05, 4.69) is 4.74 Å². The summed E-state index contributed by atoms with van der Waals surface area (Å²) in [6.45, 7) is -0.862. The maximum atomic E-state index is 13.2. The fourth-order valence-electron chi connectivity index (χ4n) is 3.13. The third kappa shape index (κ3) is 4.21. The first kappa shape index (κ1) is 20.1. The third-order valence-electron chi connectivity index (χ3n) is 4.68. The molecule has 0 saturated carbocycles. The Morgan fingerprint density at radius 3 is 2.43 bits per heavy atom. The van der Waals surface area contributed by atoms with Gasteiger partial charge in [-0.25, -0.2) is 4.98 Å². The van der Waals surface area contributed by atoms with Gasteiger partial charge in [0.2, 0.25) is 0 Å². The Morgan fingerprint density at radius 1 is 1.00 bits per heavy atom. The molecule has 0 bridgehead atoms. The van der Waals surface area contributed by atoms with Gasteiger partial charge < -0.3 is 4.74 Å². The number of hydrogen-bond donors (Lipinski definition) is 0. The molecule has 0 radical (unpaired) electrons. The molecule has 0 amide bonds. The quantitative estimate of drug-likeness (QED) is 0.299. The van der Waals surface area contributed by atoms with Gasteiger partial charge in [0.25, 0.3) is 5.56 Å². The summed E-state index contributed by atoms with van der Waals surface area (Å²) in [5.74, 6) is 0.675. The highest BCUT2D eigenvalue weighted by Gasteiger charge is 2.14. The largest absolute Gasteiger partial charge is 0.435 e. The van der Waals surface area contributed by atoms with E-state index >= 15 is 0 Å². The molecule has 152 valence electrons. The van der Waals surface area contributed by atoms with Crippen molar-refractivity contribution in [3.05, 3.63) is 94.3 Å². The average Bonchev–Trinajstić information content (AvgIpc) is 2.74. The van der Waals surface area contributed by atoms with Crippen LogP contribution in [-0.4, -0.2) is 16.2 Å². The van der Waals surface area contributed by atoms with Crippen LogP contribution in [0.5, 0.6) is 5.75 Å². The average molecular weight is 424 g/mol. The Hall–Kier alpha value is -3.19. The summed E-state index contributed by atoms with van der Waals surface area (Å²) in [5, 5.41) is 1.02. The maximum Gasteiger partial charge on any atom is 0.387 e. The number of fused-ring (bicyclic) bond motifs is 1. The zero-order valence-electron chi connectivity index (χ0n) is 16.1. The molecule has 30 heavy (non-hydrogen) atoms. The lowest BCUT2D eigenvalue weighted by Gasteiger charge is -2.14. The molecule has 0 atom stereocenters. The topological polar surface area (TPSA) is 44.1 Å². The molecule has 4 rings (SSSR count). The van der Waals surface area contributed by atoms with E-state index in [0.29, 0.717) is 27.5 Å². The van der Waals surface area contributed by atoms with E-state index in [1.807, 2.05) is 37.3 Å². The van der Waals surface area contributed by atoms with Crippen molar-refractivity contribution in [3.63, 3.8) is 0 Å². The van der Waals surface area contributed by atoms with Gasteiger partial charge in [-0.15, -0.1) is 0 Å². The molecule has 0 aliphatic heterocycles. The third-order valence-corrected chi connectivity index (χ3v) is 5.67. The zero-order valence-corrected chi connectivity index (χ0v) is 16.9. The van der Waals surface area contributed by atoms with E-state index in [1.165, 1.54) is 28.5 Å². The first-order valence-corrected chi connectivity index (χ1v) is 10.3. The molecule has 3 aromatic carbocycles. The summed E-state index contributed by atoms with van der Waals surface area (Å²) >= 11 is 1.45. The molecule has 0 spiro atoms. The van der Waals surface area contributed by atoms with Crippen LogP contribution in [0.2, 0.25) is 0 Å². The predicted molar refractivity (Wildman–Crippen MR) is 115 cm³/mol. The van der Waals surface area contributed by atoms with Crippen molar-refractivity contribution in [2.75, 3.05) is 0 Å². The molecule has 4 nitrogen and oxygen atoms in total. The zero-order chi connectivity index (χ0) is 21.1. The Kier molecular flexibility index (Phi) is 5.81. The Labute approximate surface area is 176 Å². The van der Waals surface area contributed by atoms with Crippen LogP contribution in [0, 0.1) is 6.92 Å². The number of hydrogen-bond acceptors (Lipinski definition) is 4. The fraction of sp³-hybridized carbons (Fsp3) is 0.130. The first-order valence-electron chi connectivity index (χ1n) is 9.27. The van der Waals surface area contributed by atoms with Gasteiger partial charge in [-0.1, -0.05) is 48.2 Å². The van der Waals surface area contributed by atoms with Gasteiger partial charge in [-0.2, -0.15) is 8.78 Å². The van der Waals surface area contributed by atoms with Crippen molar-refractivity contribution in [2.24, 2.45) is 0 Å². The summed E-state index contributed by atoms with van der Waals surface area (Å²) < 4.78 is 30.8. The van der Waals surface area contributed by atoms with Crippen molar-refractivity contribution in [1.82, 2.24) is 9.55 Å². The van der Waals surface area contributed by atoms with Crippen LogP contribution in [0.3, 0.4) is 0 Å². The highest BCUT2D eigenvalue weighted by Crippen LogP contribution is 2.26. The molecule has 4 aromatic rings. The van der Waals surface area contributed by atoms with Crippen LogP contribution in [-0.2, 0) is 5.75 Å². The second-order valence-electron chi connectivity index (χ2n) is 6.64. The Balaban J connectivity index is 1.78. The number of rotatable bonds is 6. The summed E-state index contributed by atoms with van der Waals surface area (Å²) in [6, 6.07) is 21.2. The highest BCUT2D eigenvalue weighted by molar-refractivity contribution is 7.98. The number of nitrogens with zero attached hydrogens (tertiary/aromatic N) is 2. The van der Waals surface area contributed by atoms with Crippen molar-refractivity contribution in [2.45, 2.75) is 24.4 Å². The number of para-hydroxylation sites is 1. The Morgan fingerprint density at radius 2 is 1.70 bits per heavy atom. The van der Waals surface area contributed by atoms with Crippen molar-refractivity contribution in [1.29, 1.82) is 0 Å². The normalized spacial score (nSPS) is 11.2. The van der Waals surface area contributed by atoms with E-state index in [-0.39, 0.29) is 11.3 Å². The van der Waals surface area contributed by atoms with Crippen LogP contribution >= 0.6 is 11.8 Å². The number of thioether (sulfide) groups is 1. The van der Waals surface area contributed by atoms with Crippen LogP contribution in [0.1, 0.15) is 11.1 Å². The lowest BCUT2D eigenvalue weighted by atomic mass is 10.1. The standard InChI is InChI=1S/C23H18F2N2O2S/c1-15-6-2-3-7-16(15)14-30-23-26-20-9-5-4-8-19(20)21(28)27(23)17-10-12-18(13-11-17)29-22(24)25/h2-13,22H,14H2,1H3. The lowest BCUT2D eigenvalue weighted by molar-refractivity contribution is -0.0498. The van der Waals surface area contributed by atoms with Gasteiger partial charge in [0.1, 0.15) is 5.75 Å². The highest BCUT2D eigenvalue weighted by atomic mass is 32.2. The van der Waals surface area contributed by atoms with Crippen LogP contribution < -0.4 is 10.3 Å². The molecule has 0 saturated heterocycles. The minimum atomic E-state index is -2.90. The molecule has 0 fully saturated rings. The fourth-order valence-corrected chi connectivity index (χ4v) is 4.22. The Bertz CT molecular complexity index is 1240. The number of aryl methyl sites for hydroxylation is 1. The van der Waals surface area contributed by atoms with Gasteiger partial charge in [0.15, 0.2) is 5.16 Å².